The third-order valence-electron chi connectivity index (χ3n) is 3.80. The molecule has 0 fully saturated rings. The third-order valence-corrected chi connectivity index (χ3v) is 4.03. The van der Waals surface area contributed by atoms with Crippen molar-refractivity contribution in [2.24, 2.45) is 0 Å². The Morgan fingerprint density at radius 2 is 1.87 bits per heavy atom. The van der Waals surface area contributed by atoms with E-state index in [0.717, 1.165) is 11.0 Å². The first-order chi connectivity index (χ1) is 10.5. The number of nitrogens with zero attached hydrogens (tertiary/aromatic N) is 2. The van der Waals surface area contributed by atoms with Crippen LogP contribution in [0.1, 0.15) is 30.6 Å². The summed E-state index contributed by atoms with van der Waals surface area (Å²) in [6.07, 6.45) is 2.16. The standard InChI is InChI=1S/C15H12ClF2N2O2.W/c16-9-5-7-10(8-6-9)19-13(21)11-3-1-2-4-12(11)20(14(17)18)15(19)22;/h5,7-8,14H,1-4H2;/q-1;+2. The summed E-state index contributed by atoms with van der Waals surface area (Å²) >= 11 is 5.73. The minimum absolute atomic E-state index is 0. The van der Waals surface area contributed by atoms with Gasteiger partial charge in [0.25, 0.3) is 5.56 Å². The molecule has 8 heteroatoms. The normalized spacial score (nSPS) is 13.6. The number of hydrogen-bond donors (Lipinski definition) is 0. The second kappa shape index (κ2) is 7.10. The van der Waals surface area contributed by atoms with Gasteiger partial charge in [-0.15, -0.1) is 17.7 Å². The monoisotopic (exact) mass is 509 g/mol. The Hall–Kier alpha value is -1.26. The molecule has 1 aliphatic rings. The Labute approximate surface area is 150 Å². The second-order valence-electron chi connectivity index (χ2n) is 5.10. The van der Waals surface area contributed by atoms with Crippen molar-refractivity contribution in [3.63, 3.8) is 0 Å². The number of benzene rings is 1. The fourth-order valence-electron chi connectivity index (χ4n) is 2.80. The maximum atomic E-state index is 13.3. The Morgan fingerprint density at radius 1 is 1.17 bits per heavy atom. The van der Waals surface area contributed by atoms with E-state index in [1.807, 2.05) is 0 Å². The van der Waals surface area contributed by atoms with Crippen molar-refractivity contribution < 1.29 is 29.8 Å². The van der Waals surface area contributed by atoms with E-state index in [1.54, 1.807) is 0 Å². The van der Waals surface area contributed by atoms with E-state index in [9.17, 15) is 18.4 Å². The van der Waals surface area contributed by atoms with Gasteiger partial charge in [-0.1, -0.05) is 10.7 Å². The summed E-state index contributed by atoms with van der Waals surface area (Å²) in [5.74, 6) is 0. The molecule has 1 aromatic carbocycles. The van der Waals surface area contributed by atoms with Crippen LogP contribution in [0.3, 0.4) is 0 Å². The van der Waals surface area contributed by atoms with Crippen LogP contribution in [0.25, 0.3) is 5.69 Å². The molecule has 0 saturated heterocycles. The van der Waals surface area contributed by atoms with Gasteiger partial charge in [0.15, 0.2) is 0 Å². The SMILES string of the molecule is O=c1c2c(n(C(F)F)c(=O)n1-c1c[c-]c(Cl)cc1)CCCC2.[W+2]. The minimum atomic E-state index is -2.98. The number of aromatic nitrogens is 2. The van der Waals surface area contributed by atoms with Crippen LogP contribution >= 0.6 is 11.6 Å². The molecule has 1 aromatic heterocycles. The van der Waals surface area contributed by atoms with Gasteiger partial charge >= 0.3 is 33.3 Å². The van der Waals surface area contributed by atoms with E-state index in [-0.39, 0.29) is 32.4 Å². The summed E-state index contributed by atoms with van der Waals surface area (Å²) in [7, 11) is 0. The van der Waals surface area contributed by atoms with E-state index in [2.05, 4.69) is 6.07 Å². The van der Waals surface area contributed by atoms with Gasteiger partial charge in [-0.25, -0.2) is 9.36 Å². The van der Waals surface area contributed by atoms with Crippen molar-refractivity contribution in [2.75, 3.05) is 0 Å². The summed E-state index contributed by atoms with van der Waals surface area (Å²) in [6, 6.07) is 6.89. The second-order valence-corrected chi connectivity index (χ2v) is 5.51. The summed E-state index contributed by atoms with van der Waals surface area (Å²) in [5, 5.41) is 0.309. The average Bonchev–Trinajstić information content (AvgIpc) is 2.49. The van der Waals surface area contributed by atoms with Crippen LogP contribution in [0.5, 0.6) is 0 Å². The molecule has 0 atom stereocenters. The Bertz CT molecular complexity index is 831. The van der Waals surface area contributed by atoms with Crippen molar-refractivity contribution in [1.29, 1.82) is 0 Å². The van der Waals surface area contributed by atoms with Gasteiger partial charge in [0.05, 0.1) is 0 Å². The quantitative estimate of drug-likeness (QED) is 0.585. The molecule has 0 aliphatic heterocycles. The van der Waals surface area contributed by atoms with E-state index < -0.39 is 17.8 Å². The molecule has 0 bridgehead atoms. The number of rotatable bonds is 2. The first-order valence-electron chi connectivity index (χ1n) is 6.86. The van der Waals surface area contributed by atoms with Gasteiger partial charge < -0.3 is 0 Å². The molecule has 0 N–H and O–H groups in total. The fourth-order valence-corrected chi connectivity index (χ4v) is 2.91. The van der Waals surface area contributed by atoms with Crippen LogP contribution in [0.4, 0.5) is 8.78 Å². The van der Waals surface area contributed by atoms with E-state index >= 15 is 0 Å². The average molecular weight is 510 g/mol. The maximum Gasteiger partial charge on any atom is 2.00 e. The predicted molar refractivity (Wildman–Crippen MR) is 78.0 cm³/mol. The smallest absolute Gasteiger partial charge is 0.284 e. The van der Waals surface area contributed by atoms with E-state index in [4.69, 9.17) is 11.6 Å². The summed E-state index contributed by atoms with van der Waals surface area (Å²) in [4.78, 5) is 24.9. The Balaban J connectivity index is 0.00000192. The first-order valence-corrected chi connectivity index (χ1v) is 7.23. The van der Waals surface area contributed by atoms with Crippen molar-refractivity contribution >= 4 is 11.6 Å². The van der Waals surface area contributed by atoms with Gasteiger partial charge in [0.1, 0.15) is 0 Å². The first kappa shape index (κ1) is 18.1. The van der Waals surface area contributed by atoms with Gasteiger partial charge in [-0.2, -0.15) is 27.0 Å². The Morgan fingerprint density at radius 3 is 2.48 bits per heavy atom. The van der Waals surface area contributed by atoms with Crippen LogP contribution in [0.2, 0.25) is 5.02 Å². The molecular weight excluding hydrogens is 497 g/mol. The van der Waals surface area contributed by atoms with Crippen LogP contribution in [0.15, 0.2) is 27.8 Å². The van der Waals surface area contributed by atoms with E-state index in [1.165, 1.54) is 18.2 Å². The zero-order valence-electron chi connectivity index (χ0n) is 11.9. The summed E-state index contributed by atoms with van der Waals surface area (Å²) in [5.41, 5.74) is -0.933. The minimum Gasteiger partial charge on any atom is -0.284 e. The molecular formula is C15H12ClF2N2O2W+. The fraction of sp³-hybridized carbons (Fsp3) is 0.333. The van der Waals surface area contributed by atoms with Crippen LogP contribution in [0, 0.1) is 6.07 Å². The molecule has 0 spiro atoms. The van der Waals surface area contributed by atoms with Crippen molar-refractivity contribution in [1.82, 2.24) is 9.13 Å². The van der Waals surface area contributed by atoms with Gasteiger partial charge in [0.2, 0.25) is 0 Å². The number of halogens is 3. The van der Waals surface area contributed by atoms with Gasteiger partial charge in [0, 0.05) is 11.3 Å². The molecule has 120 valence electrons. The Kier molecular flexibility index (Phi) is 5.58. The summed E-state index contributed by atoms with van der Waals surface area (Å²) < 4.78 is 27.8. The van der Waals surface area contributed by atoms with Gasteiger partial charge in [-0.05, 0) is 25.7 Å². The number of alkyl halides is 2. The molecule has 1 heterocycles. The third kappa shape index (κ3) is 3.20. The number of fused-ring (bicyclic) bond motifs is 1. The van der Waals surface area contributed by atoms with E-state index in [0.29, 0.717) is 34.4 Å². The van der Waals surface area contributed by atoms with Crippen molar-refractivity contribution in [2.45, 2.75) is 32.2 Å². The number of hydrogen-bond acceptors (Lipinski definition) is 2. The molecule has 0 saturated carbocycles. The molecule has 0 unspecified atom stereocenters. The predicted octanol–water partition coefficient (Wildman–Crippen LogP) is 2.72. The molecule has 0 amide bonds. The van der Waals surface area contributed by atoms with Crippen LogP contribution in [-0.2, 0) is 33.9 Å². The molecule has 23 heavy (non-hydrogen) atoms. The zero-order valence-corrected chi connectivity index (χ0v) is 15.6. The topological polar surface area (TPSA) is 44.0 Å². The zero-order chi connectivity index (χ0) is 15.9. The molecule has 1 aliphatic carbocycles. The van der Waals surface area contributed by atoms with Gasteiger partial charge in [-0.3, -0.25) is 9.36 Å². The van der Waals surface area contributed by atoms with Crippen LogP contribution < -0.4 is 11.2 Å². The molecule has 4 nitrogen and oxygen atoms in total. The maximum absolute atomic E-state index is 13.3. The van der Waals surface area contributed by atoms with Crippen molar-refractivity contribution in [3.05, 3.63) is 61.4 Å². The largest absolute Gasteiger partial charge is 2.00 e. The molecule has 0 radical (unpaired) electrons. The molecule has 3 rings (SSSR count). The summed E-state index contributed by atoms with van der Waals surface area (Å²) in [6.45, 7) is -2.98. The van der Waals surface area contributed by atoms with Crippen LogP contribution in [-0.4, -0.2) is 9.13 Å². The molecule has 2 aromatic rings. The van der Waals surface area contributed by atoms with Crippen molar-refractivity contribution in [3.8, 4) is 5.69 Å².